The number of likely N-dealkylation sites (tertiary alicyclic amines) is 1. The summed E-state index contributed by atoms with van der Waals surface area (Å²) in [6.07, 6.45) is 3.50. The maximum absolute atomic E-state index is 12.8. The lowest BCUT2D eigenvalue weighted by molar-refractivity contribution is 0.0682. The number of amides is 1. The van der Waals surface area contributed by atoms with Crippen LogP contribution in [0, 0.1) is 5.92 Å². The normalized spacial score (nSPS) is 17.3. The lowest BCUT2D eigenvalue weighted by Crippen LogP contribution is -2.42. The minimum atomic E-state index is 0.0110. The molecule has 5 nitrogen and oxygen atoms in total. The van der Waals surface area contributed by atoms with E-state index in [1.54, 1.807) is 6.20 Å². The standard InChI is InChI=1S/C17H21ClN4O/c1-11(19)12-5-7-22(8-6-12)17(23)15-10-20-21-16(15)13-3-2-4-14(18)9-13/h2-4,9-12H,5-8,19H2,1H3,(H,20,21). The minimum absolute atomic E-state index is 0.0110. The highest BCUT2D eigenvalue weighted by molar-refractivity contribution is 6.30. The van der Waals surface area contributed by atoms with Gasteiger partial charge in [-0.2, -0.15) is 5.10 Å². The van der Waals surface area contributed by atoms with Crippen molar-refractivity contribution in [2.45, 2.75) is 25.8 Å². The number of benzene rings is 1. The lowest BCUT2D eigenvalue weighted by Gasteiger charge is -2.33. The van der Waals surface area contributed by atoms with E-state index in [0.717, 1.165) is 31.5 Å². The Kier molecular flexibility index (Phi) is 4.68. The molecule has 0 aliphatic carbocycles. The first kappa shape index (κ1) is 16.0. The number of H-pyrrole nitrogens is 1. The fourth-order valence-electron chi connectivity index (χ4n) is 3.11. The topological polar surface area (TPSA) is 75.0 Å². The number of nitrogens with one attached hydrogen (secondary N) is 1. The van der Waals surface area contributed by atoms with Crippen molar-refractivity contribution in [3.63, 3.8) is 0 Å². The van der Waals surface area contributed by atoms with Gasteiger partial charge in [0.1, 0.15) is 0 Å². The summed E-state index contributed by atoms with van der Waals surface area (Å²) < 4.78 is 0. The Morgan fingerprint density at radius 2 is 2.17 bits per heavy atom. The molecule has 3 N–H and O–H groups in total. The summed E-state index contributed by atoms with van der Waals surface area (Å²) in [6.45, 7) is 3.52. The van der Waals surface area contributed by atoms with Crippen LogP contribution in [0.4, 0.5) is 0 Å². The van der Waals surface area contributed by atoms with Crippen LogP contribution >= 0.6 is 11.6 Å². The summed E-state index contributed by atoms with van der Waals surface area (Å²) in [4.78, 5) is 14.7. The molecule has 1 unspecified atom stereocenters. The van der Waals surface area contributed by atoms with Crippen LogP contribution in [0.25, 0.3) is 11.3 Å². The largest absolute Gasteiger partial charge is 0.339 e. The van der Waals surface area contributed by atoms with Crippen LogP contribution in [-0.2, 0) is 0 Å². The van der Waals surface area contributed by atoms with Crippen LogP contribution < -0.4 is 5.73 Å². The summed E-state index contributed by atoms with van der Waals surface area (Å²) in [5.41, 5.74) is 8.14. The average Bonchev–Trinajstić information content (AvgIpc) is 3.04. The Hall–Kier alpha value is -1.85. The van der Waals surface area contributed by atoms with Gasteiger partial charge in [0.2, 0.25) is 0 Å². The molecule has 2 heterocycles. The van der Waals surface area contributed by atoms with Gasteiger partial charge in [0, 0.05) is 29.7 Å². The molecule has 23 heavy (non-hydrogen) atoms. The number of hydrogen-bond acceptors (Lipinski definition) is 3. The zero-order valence-electron chi connectivity index (χ0n) is 13.1. The van der Waals surface area contributed by atoms with Crippen molar-refractivity contribution in [2.75, 3.05) is 13.1 Å². The van der Waals surface area contributed by atoms with E-state index < -0.39 is 0 Å². The molecule has 1 aromatic heterocycles. The fraction of sp³-hybridized carbons (Fsp3) is 0.412. The molecule has 2 aromatic rings. The van der Waals surface area contributed by atoms with Crippen molar-refractivity contribution >= 4 is 17.5 Å². The van der Waals surface area contributed by atoms with E-state index in [0.29, 0.717) is 22.2 Å². The number of rotatable bonds is 3. The van der Waals surface area contributed by atoms with E-state index in [2.05, 4.69) is 10.2 Å². The van der Waals surface area contributed by atoms with E-state index in [9.17, 15) is 4.79 Å². The first-order valence-corrected chi connectivity index (χ1v) is 8.28. The third kappa shape index (κ3) is 3.41. The van der Waals surface area contributed by atoms with Crippen LogP contribution in [0.5, 0.6) is 0 Å². The summed E-state index contributed by atoms with van der Waals surface area (Å²) in [5, 5.41) is 7.60. The van der Waals surface area contributed by atoms with Crippen LogP contribution in [-0.4, -0.2) is 40.1 Å². The van der Waals surface area contributed by atoms with Gasteiger partial charge < -0.3 is 10.6 Å². The summed E-state index contributed by atoms with van der Waals surface area (Å²) in [6, 6.07) is 7.60. The molecule has 1 saturated heterocycles. The fourth-order valence-corrected chi connectivity index (χ4v) is 3.30. The molecule has 1 fully saturated rings. The van der Waals surface area contributed by atoms with Crippen LogP contribution in [0.15, 0.2) is 30.5 Å². The van der Waals surface area contributed by atoms with Gasteiger partial charge in [-0.05, 0) is 37.8 Å². The number of halogens is 1. The smallest absolute Gasteiger partial charge is 0.257 e. The van der Waals surface area contributed by atoms with Crippen molar-refractivity contribution in [2.24, 2.45) is 11.7 Å². The zero-order chi connectivity index (χ0) is 16.4. The highest BCUT2D eigenvalue weighted by Gasteiger charge is 2.27. The van der Waals surface area contributed by atoms with Gasteiger partial charge >= 0.3 is 0 Å². The summed E-state index contributed by atoms with van der Waals surface area (Å²) in [5.74, 6) is 0.507. The Labute approximate surface area is 140 Å². The number of carbonyl (C=O) groups is 1. The van der Waals surface area contributed by atoms with Crippen LogP contribution in [0.2, 0.25) is 5.02 Å². The molecule has 3 rings (SSSR count). The number of carbonyl (C=O) groups excluding carboxylic acids is 1. The second-order valence-electron chi connectivity index (χ2n) is 6.16. The molecule has 0 saturated carbocycles. The van der Waals surface area contributed by atoms with E-state index in [4.69, 9.17) is 17.3 Å². The molecule has 1 amide bonds. The van der Waals surface area contributed by atoms with Crippen LogP contribution in [0.3, 0.4) is 0 Å². The van der Waals surface area contributed by atoms with Crippen molar-refractivity contribution < 1.29 is 4.79 Å². The lowest BCUT2D eigenvalue weighted by atomic mass is 9.90. The van der Waals surface area contributed by atoms with Crippen molar-refractivity contribution in [3.05, 3.63) is 41.0 Å². The first-order valence-electron chi connectivity index (χ1n) is 7.90. The van der Waals surface area contributed by atoms with Gasteiger partial charge in [0.05, 0.1) is 17.5 Å². The monoisotopic (exact) mass is 332 g/mol. The molecule has 1 aliphatic heterocycles. The first-order chi connectivity index (χ1) is 11.1. The molecule has 6 heteroatoms. The van der Waals surface area contributed by atoms with Gasteiger partial charge in [-0.1, -0.05) is 23.7 Å². The van der Waals surface area contributed by atoms with Crippen molar-refractivity contribution in [3.8, 4) is 11.3 Å². The Balaban J connectivity index is 1.78. The maximum Gasteiger partial charge on any atom is 0.257 e. The van der Waals surface area contributed by atoms with Gasteiger partial charge in [0.25, 0.3) is 5.91 Å². The van der Waals surface area contributed by atoms with Gasteiger partial charge in [0.15, 0.2) is 0 Å². The van der Waals surface area contributed by atoms with E-state index >= 15 is 0 Å². The molecule has 0 bridgehead atoms. The molecule has 1 aromatic carbocycles. The Bertz CT molecular complexity index is 689. The van der Waals surface area contributed by atoms with Crippen molar-refractivity contribution in [1.29, 1.82) is 0 Å². The molecule has 0 radical (unpaired) electrons. The number of piperidine rings is 1. The minimum Gasteiger partial charge on any atom is -0.339 e. The van der Waals surface area contributed by atoms with Crippen LogP contribution in [0.1, 0.15) is 30.1 Å². The highest BCUT2D eigenvalue weighted by Crippen LogP contribution is 2.27. The van der Waals surface area contributed by atoms with E-state index in [1.165, 1.54) is 0 Å². The molecular weight excluding hydrogens is 312 g/mol. The SMILES string of the molecule is CC(N)C1CCN(C(=O)c2cn[nH]c2-c2cccc(Cl)c2)CC1. The molecule has 122 valence electrons. The predicted octanol–water partition coefficient (Wildman–Crippen LogP) is 2.93. The van der Waals surface area contributed by atoms with Gasteiger partial charge in [-0.15, -0.1) is 0 Å². The van der Waals surface area contributed by atoms with E-state index in [-0.39, 0.29) is 11.9 Å². The molecule has 1 aliphatic rings. The number of hydrogen-bond donors (Lipinski definition) is 2. The van der Waals surface area contributed by atoms with E-state index in [1.807, 2.05) is 36.1 Å². The second-order valence-corrected chi connectivity index (χ2v) is 6.59. The number of nitrogens with two attached hydrogens (primary N) is 1. The third-order valence-electron chi connectivity index (χ3n) is 4.55. The average molecular weight is 333 g/mol. The third-order valence-corrected chi connectivity index (χ3v) is 4.79. The van der Waals surface area contributed by atoms with Crippen molar-refractivity contribution in [1.82, 2.24) is 15.1 Å². The zero-order valence-corrected chi connectivity index (χ0v) is 13.9. The molecular formula is C17H21ClN4O. The summed E-state index contributed by atoms with van der Waals surface area (Å²) >= 11 is 6.05. The Morgan fingerprint density at radius 1 is 1.43 bits per heavy atom. The predicted molar refractivity (Wildman–Crippen MR) is 91.3 cm³/mol. The number of nitrogens with zero attached hydrogens (tertiary/aromatic N) is 2. The number of aromatic nitrogens is 2. The summed E-state index contributed by atoms with van der Waals surface area (Å²) in [7, 11) is 0. The maximum atomic E-state index is 12.8. The second kappa shape index (κ2) is 6.72. The van der Waals surface area contributed by atoms with Gasteiger partial charge in [-0.25, -0.2) is 0 Å². The molecule has 0 spiro atoms. The highest BCUT2D eigenvalue weighted by atomic mass is 35.5. The Morgan fingerprint density at radius 3 is 2.83 bits per heavy atom. The number of aromatic amines is 1. The quantitative estimate of drug-likeness (QED) is 0.907. The molecule has 1 atom stereocenters. The van der Waals surface area contributed by atoms with Gasteiger partial charge in [-0.3, -0.25) is 9.89 Å².